The Labute approximate surface area is 106 Å². The summed E-state index contributed by atoms with van der Waals surface area (Å²) in [5.41, 5.74) is 0. The summed E-state index contributed by atoms with van der Waals surface area (Å²) in [7, 11) is 0. The van der Waals surface area contributed by atoms with Crippen LogP contribution in [0, 0.1) is 5.92 Å². The van der Waals surface area contributed by atoms with E-state index in [1.807, 2.05) is 13.2 Å². The van der Waals surface area contributed by atoms with E-state index in [4.69, 9.17) is 4.74 Å². The SMILES string of the molecule is CCOC(=O)C1C(=O)N(CC)C(SC)=NC1C. The lowest BCUT2D eigenvalue weighted by molar-refractivity contribution is -0.155. The fourth-order valence-electron chi connectivity index (χ4n) is 1.77. The molecule has 1 heterocycles. The highest BCUT2D eigenvalue weighted by Gasteiger charge is 2.41. The van der Waals surface area contributed by atoms with E-state index >= 15 is 0 Å². The van der Waals surface area contributed by atoms with Crippen LogP contribution in [-0.2, 0) is 14.3 Å². The Morgan fingerprint density at radius 3 is 2.65 bits per heavy atom. The number of rotatable bonds is 3. The number of carbonyl (C=O) groups excluding carboxylic acids is 2. The molecule has 6 heteroatoms. The van der Waals surface area contributed by atoms with E-state index in [1.165, 1.54) is 16.7 Å². The van der Waals surface area contributed by atoms with Gasteiger partial charge in [-0.15, -0.1) is 0 Å². The smallest absolute Gasteiger partial charge is 0.320 e. The maximum atomic E-state index is 12.2. The Hall–Kier alpha value is -1.04. The minimum Gasteiger partial charge on any atom is -0.465 e. The molecule has 0 fully saturated rings. The maximum Gasteiger partial charge on any atom is 0.320 e. The second-order valence-electron chi connectivity index (χ2n) is 3.67. The van der Waals surface area contributed by atoms with Crippen LogP contribution in [0.15, 0.2) is 4.99 Å². The molecule has 0 aromatic carbocycles. The molecule has 0 N–H and O–H groups in total. The summed E-state index contributed by atoms with van der Waals surface area (Å²) in [6, 6.07) is -0.355. The Kier molecular flexibility index (Phi) is 4.99. The van der Waals surface area contributed by atoms with Crippen molar-refractivity contribution in [2.75, 3.05) is 19.4 Å². The third-order valence-corrected chi connectivity index (χ3v) is 3.29. The number of aliphatic imine (C=N–C) groups is 1. The van der Waals surface area contributed by atoms with Crippen molar-refractivity contribution in [1.82, 2.24) is 4.90 Å². The van der Waals surface area contributed by atoms with E-state index < -0.39 is 11.9 Å². The Morgan fingerprint density at radius 1 is 1.53 bits per heavy atom. The van der Waals surface area contributed by atoms with Gasteiger partial charge in [-0.2, -0.15) is 0 Å². The normalized spacial score (nSPS) is 24.6. The number of ether oxygens (including phenoxy) is 1. The number of hydrogen-bond donors (Lipinski definition) is 0. The van der Waals surface area contributed by atoms with E-state index in [2.05, 4.69) is 4.99 Å². The molecule has 1 amide bonds. The molecule has 0 radical (unpaired) electrons. The Bertz CT molecular complexity index is 344. The maximum absolute atomic E-state index is 12.2. The van der Waals surface area contributed by atoms with Gasteiger partial charge in [0.15, 0.2) is 11.1 Å². The van der Waals surface area contributed by atoms with Crippen molar-refractivity contribution in [1.29, 1.82) is 0 Å². The van der Waals surface area contributed by atoms with Gasteiger partial charge in [-0.25, -0.2) is 0 Å². The number of amides is 1. The van der Waals surface area contributed by atoms with Gasteiger partial charge in [0.1, 0.15) is 0 Å². The molecule has 1 rings (SSSR count). The minimum atomic E-state index is -0.800. The average molecular weight is 258 g/mol. The second-order valence-corrected chi connectivity index (χ2v) is 4.44. The van der Waals surface area contributed by atoms with E-state index in [1.54, 1.807) is 13.8 Å². The predicted octanol–water partition coefficient (Wildman–Crippen LogP) is 1.14. The van der Waals surface area contributed by atoms with E-state index in [-0.39, 0.29) is 18.6 Å². The summed E-state index contributed by atoms with van der Waals surface area (Å²) in [6.07, 6.45) is 1.87. The quantitative estimate of drug-likeness (QED) is 0.562. The monoisotopic (exact) mass is 258 g/mol. The van der Waals surface area contributed by atoms with Crippen molar-refractivity contribution >= 4 is 28.8 Å². The molecule has 2 atom stereocenters. The van der Waals surface area contributed by atoms with Crippen molar-refractivity contribution in [2.45, 2.75) is 26.8 Å². The van der Waals surface area contributed by atoms with Gasteiger partial charge in [0.25, 0.3) is 0 Å². The van der Waals surface area contributed by atoms with Gasteiger partial charge in [-0.1, -0.05) is 11.8 Å². The Morgan fingerprint density at radius 2 is 2.18 bits per heavy atom. The minimum absolute atomic E-state index is 0.210. The van der Waals surface area contributed by atoms with Gasteiger partial charge in [0.2, 0.25) is 5.91 Å². The largest absolute Gasteiger partial charge is 0.465 e. The molecule has 1 aliphatic heterocycles. The van der Waals surface area contributed by atoms with Crippen LogP contribution in [0.4, 0.5) is 0 Å². The topological polar surface area (TPSA) is 59.0 Å². The summed E-state index contributed by atoms with van der Waals surface area (Å²) in [5.74, 6) is -1.49. The third kappa shape index (κ3) is 2.80. The number of carbonyl (C=O) groups is 2. The highest BCUT2D eigenvalue weighted by molar-refractivity contribution is 8.13. The first-order valence-electron chi connectivity index (χ1n) is 5.66. The first-order valence-corrected chi connectivity index (χ1v) is 6.89. The van der Waals surface area contributed by atoms with Crippen molar-refractivity contribution in [3.8, 4) is 0 Å². The fraction of sp³-hybridized carbons (Fsp3) is 0.727. The molecule has 0 bridgehead atoms. The lowest BCUT2D eigenvalue weighted by atomic mass is 9.99. The van der Waals surface area contributed by atoms with Crippen molar-refractivity contribution < 1.29 is 14.3 Å². The highest BCUT2D eigenvalue weighted by Crippen LogP contribution is 2.23. The first-order chi connectivity index (χ1) is 8.06. The highest BCUT2D eigenvalue weighted by atomic mass is 32.2. The summed E-state index contributed by atoms with van der Waals surface area (Å²) < 4.78 is 4.92. The number of esters is 1. The second kappa shape index (κ2) is 6.05. The zero-order valence-electron chi connectivity index (χ0n) is 10.6. The zero-order chi connectivity index (χ0) is 13.0. The molecule has 96 valence electrons. The lowest BCUT2D eigenvalue weighted by Crippen LogP contribution is -2.50. The van der Waals surface area contributed by atoms with Gasteiger partial charge in [0, 0.05) is 6.54 Å². The predicted molar refractivity (Wildman–Crippen MR) is 67.9 cm³/mol. The molecule has 0 spiro atoms. The van der Waals surface area contributed by atoms with Crippen molar-refractivity contribution in [3.63, 3.8) is 0 Å². The van der Waals surface area contributed by atoms with Crippen molar-refractivity contribution in [3.05, 3.63) is 0 Å². The fourth-order valence-corrected chi connectivity index (χ4v) is 2.48. The van der Waals surface area contributed by atoms with Crippen LogP contribution in [0.3, 0.4) is 0 Å². The average Bonchev–Trinajstić information content (AvgIpc) is 2.28. The van der Waals surface area contributed by atoms with Gasteiger partial charge in [0.05, 0.1) is 12.6 Å². The number of amidine groups is 1. The summed E-state index contributed by atoms with van der Waals surface area (Å²) in [5, 5.41) is 0.672. The molecular weight excluding hydrogens is 240 g/mol. The van der Waals surface area contributed by atoms with Crippen molar-refractivity contribution in [2.24, 2.45) is 10.9 Å². The lowest BCUT2D eigenvalue weighted by Gasteiger charge is -2.32. The molecule has 0 aromatic heterocycles. The van der Waals surface area contributed by atoms with Gasteiger partial charge < -0.3 is 4.74 Å². The van der Waals surface area contributed by atoms with Gasteiger partial charge >= 0.3 is 5.97 Å². The molecular formula is C11H18N2O3S. The van der Waals surface area contributed by atoms with Crippen LogP contribution in [-0.4, -0.2) is 47.4 Å². The van der Waals surface area contributed by atoms with Crippen LogP contribution in [0.5, 0.6) is 0 Å². The molecule has 1 aliphatic rings. The molecule has 5 nitrogen and oxygen atoms in total. The molecule has 0 saturated carbocycles. The summed E-state index contributed by atoms with van der Waals surface area (Å²) >= 11 is 1.42. The van der Waals surface area contributed by atoms with Crippen LogP contribution >= 0.6 is 11.8 Å². The number of nitrogens with zero attached hydrogens (tertiary/aromatic N) is 2. The number of hydrogen-bond acceptors (Lipinski definition) is 5. The van der Waals surface area contributed by atoms with Gasteiger partial charge in [-0.05, 0) is 27.0 Å². The van der Waals surface area contributed by atoms with Crippen LogP contribution in [0.25, 0.3) is 0 Å². The molecule has 17 heavy (non-hydrogen) atoms. The molecule has 2 unspecified atom stereocenters. The standard InChI is InChI=1S/C11H18N2O3S/c1-5-13-9(14)8(10(15)16-6-2)7(3)12-11(13)17-4/h7-8H,5-6H2,1-4H3. The zero-order valence-corrected chi connectivity index (χ0v) is 11.4. The van der Waals surface area contributed by atoms with Crippen LogP contribution in [0.1, 0.15) is 20.8 Å². The third-order valence-electron chi connectivity index (χ3n) is 2.60. The van der Waals surface area contributed by atoms with E-state index in [0.29, 0.717) is 11.7 Å². The molecule has 0 aromatic rings. The van der Waals surface area contributed by atoms with Crippen LogP contribution in [0.2, 0.25) is 0 Å². The molecule has 0 saturated heterocycles. The molecule has 0 aliphatic carbocycles. The number of thioether (sulfide) groups is 1. The van der Waals surface area contributed by atoms with Gasteiger partial charge in [-0.3, -0.25) is 19.5 Å². The first kappa shape index (κ1) is 14.0. The van der Waals surface area contributed by atoms with E-state index in [0.717, 1.165) is 0 Å². The summed E-state index contributed by atoms with van der Waals surface area (Å²) in [6.45, 7) is 6.15. The van der Waals surface area contributed by atoms with Crippen LogP contribution < -0.4 is 0 Å². The van der Waals surface area contributed by atoms with E-state index in [9.17, 15) is 9.59 Å². The summed E-state index contributed by atoms with van der Waals surface area (Å²) in [4.78, 5) is 29.8. The Balaban J connectivity index is 2.98.